The zero-order valence-electron chi connectivity index (χ0n) is 18.6. The number of benzene rings is 3. The number of hydrogen-bond donors (Lipinski definition) is 2. The summed E-state index contributed by atoms with van der Waals surface area (Å²) >= 11 is 0. The van der Waals surface area contributed by atoms with Crippen molar-refractivity contribution in [2.75, 3.05) is 11.9 Å². The number of para-hydroxylation sites is 1. The predicted molar refractivity (Wildman–Crippen MR) is 129 cm³/mol. The molecule has 32 heavy (non-hydrogen) atoms. The van der Waals surface area contributed by atoms with E-state index in [9.17, 15) is 13.2 Å². The van der Waals surface area contributed by atoms with E-state index in [1.807, 2.05) is 55.5 Å². The maximum absolute atomic E-state index is 12.5. The Morgan fingerprint density at radius 1 is 0.844 bits per heavy atom. The summed E-state index contributed by atoms with van der Waals surface area (Å²) in [5.41, 5.74) is 5.06. The highest BCUT2D eigenvalue weighted by atomic mass is 32.2. The third-order valence-corrected chi connectivity index (χ3v) is 6.90. The normalized spacial score (nSPS) is 11.3. The minimum Gasteiger partial charge on any atom is -0.326 e. The summed E-state index contributed by atoms with van der Waals surface area (Å²) in [6.45, 7) is 4.39. The van der Waals surface area contributed by atoms with Crippen molar-refractivity contribution < 1.29 is 13.2 Å². The van der Waals surface area contributed by atoms with Gasteiger partial charge in [0.25, 0.3) is 0 Å². The van der Waals surface area contributed by atoms with Crippen molar-refractivity contribution in [3.05, 3.63) is 95.1 Å². The summed E-state index contributed by atoms with van der Waals surface area (Å²) in [5.74, 6) is -0.0479. The molecule has 0 heterocycles. The van der Waals surface area contributed by atoms with E-state index in [0.29, 0.717) is 25.8 Å². The van der Waals surface area contributed by atoms with Gasteiger partial charge in [0.1, 0.15) is 0 Å². The lowest BCUT2D eigenvalue weighted by molar-refractivity contribution is -0.116. The van der Waals surface area contributed by atoms with Crippen LogP contribution < -0.4 is 10.0 Å². The van der Waals surface area contributed by atoms with Gasteiger partial charge >= 0.3 is 0 Å². The van der Waals surface area contributed by atoms with Crippen molar-refractivity contribution in [2.24, 2.45) is 0 Å². The maximum Gasteiger partial charge on any atom is 0.240 e. The Labute approximate surface area is 190 Å². The van der Waals surface area contributed by atoms with Gasteiger partial charge < -0.3 is 5.32 Å². The Kier molecular flexibility index (Phi) is 8.20. The van der Waals surface area contributed by atoms with Gasteiger partial charge in [0.05, 0.1) is 4.90 Å². The van der Waals surface area contributed by atoms with Crippen LogP contribution in [-0.2, 0) is 34.1 Å². The fraction of sp³-hybridized carbons (Fsp3) is 0.269. The van der Waals surface area contributed by atoms with Crippen LogP contribution in [0.2, 0.25) is 0 Å². The van der Waals surface area contributed by atoms with Crippen molar-refractivity contribution in [1.82, 2.24) is 4.72 Å². The SMILES string of the molecule is CCc1cccc(C)c1NC(=O)CCc1ccc(S(=O)(=O)NCCc2ccccc2)cc1. The molecule has 0 fully saturated rings. The molecule has 0 radical (unpaired) electrons. The molecule has 3 aromatic carbocycles. The number of rotatable bonds is 10. The van der Waals surface area contributed by atoms with E-state index >= 15 is 0 Å². The van der Waals surface area contributed by atoms with Gasteiger partial charge in [-0.3, -0.25) is 4.79 Å². The molecular formula is C26H30N2O3S. The van der Waals surface area contributed by atoms with Crippen molar-refractivity contribution in [3.8, 4) is 0 Å². The van der Waals surface area contributed by atoms with Gasteiger partial charge in [-0.2, -0.15) is 0 Å². The lowest BCUT2D eigenvalue weighted by Crippen LogP contribution is -2.26. The van der Waals surface area contributed by atoms with Crippen LogP contribution in [0.25, 0.3) is 0 Å². The highest BCUT2D eigenvalue weighted by molar-refractivity contribution is 7.89. The zero-order chi connectivity index (χ0) is 23.0. The Morgan fingerprint density at radius 3 is 2.22 bits per heavy atom. The average molecular weight is 451 g/mol. The third-order valence-electron chi connectivity index (χ3n) is 5.43. The molecule has 168 valence electrons. The average Bonchev–Trinajstić information content (AvgIpc) is 2.80. The topological polar surface area (TPSA) is 75.3 Å². The Balaban J connectivity index is 1.52. The molecule has 0 unspecified atom stereocenters. The first-order valence-electron chi connectivity index (χ1n) is 10.9. The highest BCUT2D eigenvalue weighted by Gasteiger charge is 2.14. The van der Waals surface area contributed by atoms with E-state index in [1.165, 1.54) is 0 Å². The van der Waals surface area contributed by atoms with Gasteiger partial charge in [-0.05, 0) is 60.6 Å². The van der Waals surface area contributed by atoms with Crippen molar-refractivity contribution in [1.29, 1.82) is 0 Å². The maximum atomic E-state index is 12.5. The molecule has 3 rings (SSSR count). The van der Waals surface area contributed by atoms with Gasteiger partial charge in [0.2, 0.25) is 15.9 Å². The molecule has 6 heteroatoms. The van der Waals surface area contributed by atoms with Crippen LogP contribution in [0.4, 0.5) is 5.69 Å². The number of nitrogens with one attached hydrogen (secondary N) is 2. The van der Waals surface area contributed by atoms with Gasteiger partial charge in [-0.15, -0.1) is 0 Å². The second kappa shape index (κ2) is 11.1. The fourth-order valence-electron chi connectivity index (χ4n) is 3.55. The second-order valence-corrected chi connectivity index (χ2v) is 9.56. The number of amides is 1. The van der Waals surface area contributed by atoms with Crippen LogP contribution in [0.15, 0.2) is 77.7 Å². The summed E-state index contributed by atoms with van der Waals surface area (Å²) in [4.78, 5) is 12.7. The number of carbonyl (C=O) groups excluding carboxylic acids is 1. The van der Waals surface area contributed by atoms with Gasteiger partial charge in [0, 0.05) is 18.7 Å². The van der Waals surface area contributed by atoms with E-state index in [1.54, 1.807) is 24.3 Å². The lowest BCUT2D eigenvalue weighted by atomic mass is 10.1. The van der Waals surface area contributed by atoms with Gasteiger partial charge in [0.15, 0.2) is 0 Å². The number of carbonyl (C=O) groups is 1. The molecule has 0 aliphatic rings. The number of anilines is 1. The molecule has 0 aliphatic heterocycles. The molecule has 5 nitrogen and oxygen atoms in total. The van der Waals surface area contributed by atoms with E-state index in [2.05, 4.69) is 17.0 Å². The smallest absolute Gasteiger partial charge is 0.240 e. The Morgan fingerprint density at radius 2 is 1.53 bits per heavy atom. The Hall–Kier alpha value is -2.96. The predicted octanol–water partition coefficient (Wildman–Crippen LogP) is 4.65. The van der Waals surface area contributed by atoms with E-state index in [4.69, 9.17) is 0 Å². The van der Waals surface area contributed by atoms with Crippen LogP contribution >= 0.6 is 0 Å². The fourth-order valence-corrected chi connectivity index (χ4v) is 4.59. The largest absolute Gasteiger partial charge is 0.326 e. The summed E-state index contributed by atoms with van der Waals surface area (Å²) in [6.07, 6.45) is 2.36. The zero-order valence-corrected chi connectivity index (χ0v) is 19.4. The van der Waals surface area contributed by atoms with Crippen molar-refractivity contribution >= 4 is 21.6 Å². The third kappa shape index (κ3) is 6.52. The first-order chi connectivity index (χ1) is 15.4. The van der Waals surface area contributed by atoms with Crippen LogP contribution in [0.3, 0.4) is 0 Å². The van der Waals surface area contributed by atoms with E-state index in [-0.39, 0.29) is 10.8 Å². The summed E-state index contributed by atoms with van der Waals surface area (Å²) < 4.78 is 27.7. The van der Waals surface area contributed by atoms with E-state index < -0.39 is 10.0 Å². The molecule has 0 saturated carbocycles. The minimum absolute atomic E-state index is 0.0479. The molecule has 0 saturated heterocycles. The van der Waals surface area contributed by atoms with Crippen molar-refractivity contribution in [3.63, 3.8) is 0 Å². The molecule has 3 aromatic rings. The second-order valence-electron chi connectivity index (χ2n) is 7.79. The molecule has 0 bridgehead atoms. The monoisotopic (exact) mass is 450 g/mol. The molecule has 1 amide bonds. The molecule has 2 N–H and O–H groups in total. The standard InChI is InChI=1S/C26H30N2O3S/c1-3-23-11-7-8-20(2)26(23)28-25(29)17-14-22-12-15-24(16-13-22)32(30,31)27-19-18-21-9-5-4-6-10-21/h4-13,15-16,27H,3,14,17-19H2,1-2H3,(H,28,29). The molecule has 0 spiro atoms. The molecule has 0 aliphatic carbocycles. The number of hydrogen-bond acceptors (Lipinski definition) is 3. The highest BCUT2D eigenvalue weighted by Crippen LogP contribution is 2.21. The van der Waals surface area contributed by atoms with E-state index in [0.717, 1.165) is 34.4 Å². The van der Waals surface area contributed by atoms with Gasteiger partial charge in [-0.1, -0.05) is 67.6 Å². The number of aryl methyl sites for hydroxylation is 3. The van der Waals surface area contributed by atoms with Gasteiger partial charge in [-0.25, -0.2) is 13.1 Å². The van der Waals surface area contributed by atoms with Crippen LogP contribution in [-0.4, -0.2) is 20.9 Å². The first-order valence-corrected chi connectivity index (χ1v) is 12.4. The van der Waals surface area contributed by atoms with Crippen LogP contribution in [0.1, 0.15) is 35.6 Å². The summed E-state index contributed by atoms with van der Waals surface area (Å²) in [5, 5.41) is 3.03. The first kappa shape index (κ1) is 23.7. The molecular weight excluding hydrogens is 420 g/mol. The molecule has 0 aromatic heterocycles. The minimum atomic E-state index is -3.56. The Bertz CT molecular complexity index is 1140. The quantitative estimate of drug-likeness (QED) is 0.472. The van der Waals surface area contributed by atoms with Crippen LogP contribution in [0.5, 0.6) is 0 Å². The summed E-state index contributed by atoms with van der Waals surface area (Å²) in [6, 6.07) is 22.5. The summed E-state index contributed by atoms with van der Waals surface area (Å²) in [7, 11) is -3.56. The van der Waals surface area contributed by atoms with Crippen molar-refractivity contribution in [2.45, 2.75) is 44.4 Å². The van der Waals surface area contributed by atoms with Crippen LogP contribution in [0, 0.1) is 6.92 Å². The number of sulfonamides is 1. The molecule has 0 atom stereocenters. The lowest BCUT2D eigenvalue weighted by Gasteiger charge is -2.13.